The van der Waals surface area contributed by atoms with Crippen molar-refractivity contribution < 1.29 is 22.9 Å². The molecule has 1 heterocycles. The number of piperidine rings is 1. The van der Waals surface area contributed by atoms with Gasteiger partial charge in [-0.05, 0) is 18.9 Å². The number of halogens is 4. The molecule has 1 aromatic carbocycles. The third kappa shape index (κ3) is 5.46. The summed E-state index contributed by atoms with van der Waals surface area (Å²) in [6.07, 6.45) is -3.59. The number of anilines is 1. The zero-order valence-electron chi connectivity index (χ0n) is 14.8. The Morgan fingerprint density at radius 3 is 2.44 bits per heavy atom. The van der Waals surface area contributed by atoms with Crippen LogP contribution in [0.25, 0.3) is 0 Å². The monoisotopic (exact) mass is 408 g/mol. The first-order chi connectivity index (χ1) is 12.5. The lowest BCUT2D eigenvalue weighted by Gasteiger charge is -2.32. The Kier molecular flexibility index (Phi) is 6.53. The maximum absolute atomic E-state index is 12.9. The molecule has 7 nitrogen and oxygen atoms in total. The molecule has 1 aliphatic rings. The number of nitrogens with one attached hydrogen (secondary N) is 1. The highest BCUT2D eigenvalue weighted by Gasteiger charge is 2.36. The van der Waals surface area contributed by atoms with Gasteiger partial charge in [0, 0.05) is 39.3 Å². The highest BCUT2D eigenvalue weighted by atomic mass is 35.5. The van der Waals surface area contributed by atoms with Gasteiger partial charge in [-0.2, -0.15) is 13.2 Å². The van der Waals surface area contributed by atoms with Gasteiger partial charge in [0.25, 0.3) is 5.69 Å². The van der Waals surface area contributed by atoms with Crippen LogP contribution in [0.4, 0.5) is 24.5 Å². The molecule has 0 aromatic heterocycles. The van der Waals surface area contributed by atoms with Gasteiger partial charge in [-0.15, -0.1) is 0 Å². The van der Waals surface area contributed by atoms with Gasteiger partial charge in [0.05, 0.1) is 22.1 Å². The lowest BCUT2D eigenvalue weighted by molar-refractivity contribution is -0.384. The second-order valence-electron chi connectivity index (χ2n) is 6.59. The quantitative estimate of drug-likeness (QED) is 0.597. The van der Waals surface area contributed by atoms with E-state index in [2.05, 4.69) is 5.32 Å². The van der Waals surface area contributed by atoms with Crippen LogP contribution in [0.15, 0.2) is 12.1 Å². The Morgan fingerprint density at radius 1 is 1.37 bits per heavy atom. The number of benzene rings is 1. The molecule has 0 spiro atoms. The van der Waals surface area contributed by atoms with Crippen LogP contribution in [0.5, 0.6) is 0 Å². The summed E-state index contributed by atoms with van der Waals surface area (Å²) >= 11 is 5.69. The molecular weight excluding hydrogens is 389 g/mol. The van der Waals surface area contributed by atoms with Crippen molar-refractivity contribution in [1.82, 2.24) is 9.80 Å². The minimum Gasteiger partial charge on any atom is -0.377 e. The minimum absolute atomic E-state index is 0.0217. The van der Waals surface area contributed by atoms with E-state index >= 15 is 0 Å². The Morgan fingerprint density at radius 2 is 1.96 bits per heavy atom. The van der Waals surface area contributed by atoms with Crippen LogP contribution in [0.1, 0.15) is 18.4 Å². The average molecular weight is 409 g/mol. The Balaban J connectivity index is 2.09. The summed E-state index contributed by atoms with van der Waals surface area (Å²) in [6.45, 7) is 1.48. The fourth-order valence-electron chi connectivity index (χ4n) is 2.83. The average Bonchev–Trinajstić information content (AvgIpc) is 2.55. The van der Waals surface area contributed by atoms with Crippen LogP contribution < -0.4 is 5.32 Å². The molecular formula is C16H20ClF3N4O3. The van der Waals surface area contributed by atoms with E-state index in [1.54, 1.807) is 14.1 Å². The van der Waals surface area contributed by atoms with E-state index in [1.807, 2.05) is 4.90 Å². The van der Waals surface area contributed by atoms with Gasteiger partial charge in [0.1, 0.15) is 5.69 Å². The summed E-state index contributed by atoms with van der Waals surface area (Å²) in [7, 11) is 3.34. The van der Waals surface area contributed by atoms with Crippen LogP contribution in [0.3, 0.4) is 0 Å². The molecule has 27 heavy (non-hydrogen) atoms. The van der Waals surface area contributed by atoms with Crippen LogP contribution >= 0.6 is 11.6 Å². The Hall–Kier alpha value is -2.07. The van der Waals surface area contributed by atoms with Gasteiger partial charge in [0.2, 0.25) is 5.91 Å². The standard InChI is InChI=1S/C16H20ClF3N4O3/c1-22(2)15(25)9-23-5-3-10(4-6-23)21-13-8-12(17)11(16(18,19)20)7-14(13)24(26)27/h7-8,10,21H,3-6,9H2,1-2H3. The smallest absolute Gasteiger partial charge is 0.377 e. The van der Waals surface area contributed by atoms with E-state index < -0.39 is 27.4 Å². The number of likely N-dealkylation sites (tertiary alicyclic amines) is 1. The molecule has 1 N–H and O–H groups in total. The van der Waals surface area contributed by atoms with Gasteiger partial charge in [-0.3, -0.25) is 19.8 Å². The van der Waals surface area contributed by atoms with E-state index in [1.165, 1.54) is 4.90 Å². The maximum Gasteiger partial charge on any atom is 0.418 e. The topological polar surface area (TPSA) is 78.7 Å². The zero-order chi connectivity index (χ0) is 20.4. The van der Waals surface area contributed by atoms with Crippen molar-refractivity contribution in [1.29, 1.82) is 0 Å². The number of alkyl halides is 3. The van der Waals surface area contributed by atoms with Crippen molar-refractivity contribution in [3.05, 3.63) is 32.8 Å². The van der Waals surface area contributed by atoms with E-state index in [4.69, 9.17) is 11.6 Å². The summed E-state index contributed by atoms with van der Waals surface area (Å²) in [5.41, 5.74) is -1.95. The highest BCUT2D eigenvalue weighted by Crippen LogP contribution is 2.40. The number of hydrogen-bond donors (Lipinski definition) is 1. The fraction of sp³-hybridized carbons (Fsp3) is 0.562. The van der Waals surface area contributed by atoms with Crippen LogP contribution in [-0.2, 0) is 11.0 Å². The number of nitro benzene ring substituents is 1. The number of nitrogens with zero attached hydrogens (tertiary/aromatic N) is 3. The van der Waals surface area contributed by atoms with E-state index in [9.17, 15) is 28.1 Å². The van der Waals surface area contributed by atoms with Crippen molar-refractivity contribution >= 4 is 28.9 Å². The van der Waals surface area contributed by atoms with Gasteiger partial charge < -0.3 is 10.2 Å². The molecule has 0 saturated carbocycles. The number of rotatable bonds is 5. The number of carbonyl (C=O) groups is 1. The van der Waals surface area contributed by atoms with Crippen molar-refractivity contribution in [2.75, 3.05) is 39.0 Å². The number of carbonyl (C=O) groups excluding carboxylic acids is 1. The number of hydrogen-bond acceptors (Lipinski definition) is 5. The molecule has 1 aromatic rings. The zero-order valence-corrected chi connectivity index (χ0v) is 15.6. The predicted octanol–water partition coefficient (Wildman–Crippen LogP) is 3.23. The van der Waals surface area contributed by atoms with Crippen molar-refractivity contribution in [3.63, 3.8) is 0 Å². The second-order valence-corrected chi connectivity index (χ2v) is 6.99. The molecule has 150 valence electrons. The molecule has 0 atom stereocenters. The molecule has 0 unspecified atom stereocenters. The summed E-state index contributed by atoms with van der Waals surface area (Å²) in [5, 5.41) is 13.5. The first kappa shape index (κ1) is 21.2. The molecule has 1 fully saturated rings. The van der Waals surface area contributed by atoms with Crippen LogP contribution in [0, 0.1) is 10.1 Å². The van der Waals surface area contributed by atoms with E-state index in [0.717, 1.165) is 6.07 Å². The highest BCUT2D eigenvalue weighted by molar-refractivity contribution is 6.31. The Bertz CT molecular complexity index is 720. The van der Waals surface area contributed by atoms with Gasteiger partial charge >= 0.3 is 6.18 Å². The largest absolute Gasteiger partial charge is 0.418 e. The second kappa shape index (κ2) is 8.30. The third-order valence-electron chi connectivity index (χ3n) is 4.39. The summed E-state index contributed by atoms with van der Waals surface area (Å²) in [5.74, 6) is -0.0217. The van der Waals surface area contributed by atoms with E-state index in [-0.39, 0.29) is 24.2 Å². The van der Waals surface area contributed by atoms with Crippen molar-refractivity contribution in [3.8, 4) is 0 Å². The third-order valence-corrected chi connectivity index (χ3v) is 4.71. The number of amides is 1. The Labute approximate surface area is 159 Å². The first-order valence-corrected chi connectivity index (χ1v) is 8.61. The molecule has 1 amide bonds. The van der Waals surface area contributed by atoms with Gasteiger partial charge in [-0.1, -0.05) is 11.6 Å². The molecule has 0 aliphatic carbocycles. The molecule has 11 heteroatoms. The van der Waals surface area contributed by atoms with Crippen LogP contribution in [0.2, 0.25) is 5.02 Å². The normalized spacial score (nSPS) is 16.2. The molecule has 0 bridgehead atoms. The van der Waals surface area contributed by atoms with E-state index in [0.29, 0.717) is 32.0 Å². The maximum atomic E-state index is 12.9. The summed E-state index contributed by atoms with van der Waals surface area (Å²) in [4.78, 5) is 25.5. The molecule has 1 aliphatic heterocycles. The number of nitro groups is 1. The molecule has 2 rings (SSSR count). The molecule has 0 radical (unpaired) electrons. The lowest BCUT2D eigenvalue weighted by Crippen LogP contribution is -2.44. The fourth-order valence-corrected chi connectivity index (χ4v) is 3.10. The SMILES string of the molecule is CN(C)C(=O)CN1CCC(Nc2cc(Cl)c(C(F)(F)F)cc2[N+](=O)[O-])CC1. The van der Waals surface area contributed by atoms with Crippen LogP contribution in [-0.4, -0.2) is 60.4 Å². The predicted molar refractivity (Wildman–Crippen MR) is 94.9 cm³/mol. The van der Waals surface area contributed by atoms with Crippen molar-refractivity contribution in [2.45, 2.75) is 25.1 Å². The summed E-state index contributed by atoms with van der Waals surface area (Å²) in [6, 6.07) is 1.24. The first-order valence-electron chi connectivity index (χ1n) is 8.23. The van der Waals surface area contributed by atoms with Crippen molar-refractivity contribution in [2.24, 2.45) is 0 Å². The summed E-state index contributed by atoms with van der Waals surface area (Å²) < 4.78 is 38.8. The molecule has 1 saturated heterocycles. The van der Waals surface area contributed by atoms with Gasteiger partial charge in [0.15, 0.2) is 0 Å². The van der Waals surface area contributed by atoms with Gasteiger partial charge in [-0.25, -0.2) is 0 Å². The number of likely N-dealkylation sites (N-methyl/N-ethyl adjacent to an activating group) is 1. The minimum atomic E-state index is -4.77. The lowest BCUT2D eigenvalue weighted by atomic mass is 10.0.